The lowest BCUT2D eigenvalue weighted by molar-refractivity contribution is 0.0761. The number of thiophene rings is 1. The average molecular weight is 369 g/mol. The van der Waals surface area contributed by atoms with E-state index in [1.54, 1.807) is 11.3 Å². The highest BCUT2D eigenvalue weighted by molar-refractivity contribution is 7.08. The van der Waals surface area contributed by atoms with Crippen molar-refractivity contribution in [3.63, 3.8) is 0 Å². The Morgan fingerprint density at radius 2 is 1.96 bits per heavy atom. The molecule has 23 heavy (non-hydrogen) atoms. The lowest BCUT2D eigenvalue weighted by Gasteiger charge is -2.22. The van der Waals surface area contributed by atoms with Crippen LogP contribution in [-0.2, 0) is 6.54 Å². The maximum atomic E-state index is 12.4. The molecule has 0 N–H and O–H groups in total. The summed E-state index contributed by atoms with van der Waals surface area (Å²) in [6.45, 7) is 4.25. The summed E-state index contributed by atoms with van der Waals surface area (Å²) in [7, 11) is 0. The monoisotopic (exact) mass is 368 g/mol. The van der Waals surface area contributed by atoms with Crippen LogP contribution < -0.4 is 0 Å². The summed E-state index contributed by atoms with van der Waals surface area (Å²) < 4.78 is 0. The van der Waals surface area contributed by atoms with Crippen LogP contribution in [0.1, 0.15) is 22.3 Å². The van der Waals surface area contributed by atoms with Crippen molar-refractivity contribution in [2.45, 2.75) is 13.0 Å². The third kappa shape index (κ3) is 4.27. The van der Waals surface area contributed by atoms with E-state index >= 15 is 0 Å². The maximum absolute atomic E-state index is 12.4. The van der Waals surface area contributed by atoms with Gasteiger partial charge < -0.3 is 4.90 Å². The van der Waals surface area contributed by atoms with Crippen molar-refractivity contribution < 1.29 is 4.79 Å². The zero-order valence-corrected chi connectivity index (χ0v) is 15.0. The van der Waals surface area contributed by atoms with Crippen molar-refractivity contribution >= 4 is 40.4 Å². The first-order valence-corrected chi connectivity index (χ1v) is 9.31. The number of hydrogen-bond acceptors (Lipinski definition) is 3. The van der Waals surface area contributed by atoms with Gasteiger partial charge in [0.1, 0.15) is 0 Å². The van der Waals surface area contributed by atoms with E-state index in [-0.39, 0.29) is 5.91 Å². The zero-order valence-electron chi connectivity index (χ0n) is 12.7. The minimum Gasteiger partial charge on any atom is -0.337 e. The molecule has 2 aromatic rings. The lowest BCUT2D eigenvalue weighted by atomic mass is 10.2. The van der Waals surface area contributed by atoms with Crippen LogP contribution in [0, 0.1) is 0 Å². The molecule has 0 aliphatic carbocycles. The Bertz CT molecular complexity index is 675. The van der Waals surface area contributed by atoms with Gasteiger partial charge in [-0.1, -0.05) is 29.3 Å². The van der Waals surface area contributed by atoms with E-state index in [0.717, 1.165) is 50.3 Å². The smallest absolute Gasteiger partial charge is 0.254 e. The number of hydrogen-bond donors (Lipinski definition) is 0. The fourth-order valence-corrected chi connectivity index (χ4v) is 3.75. The topological polar surface area (TPSA) is 23.6 Å². The Morgan fingerprint density at radius 3 is 2.70 bits per heavy atom. The summed E-state index contributed by atoms with van der Waals surface area (Å²) in [5.74, 6) is 0.141. The van der Waals surface area contributed by atoms with Gasteiger partial charge in [0, 0.05) is 38.1 Å². The third-order valence-corrected chi connectivity index (χ3v) is 5.46. The number of rotatable bonds is 3. The lowest BCUT2D eigenvalue weighted by Crippen LogP contribution is -2.34. The summed E-state index contributed by atoms with van der Waals surface area (Å²) in [5.41, 5.74) is 1.95. The van der Waals surface area contributed by atoms with Gasteiger partial charge in [-0.25, -0.2) is 0 Å². The molecular formula is C17H18Cl2N2OS. The quantitative estimate of drug-likeness (QED) is 0.801. The van der Waals surface area contributed by atoms with Crippen LogP contribution in [0.3, 0.4) is 0 Å². The van der Waals surface area contributed by atoms with Crippen molar-refractivity contribution in [3.05, 3.63) is 56.2 Å². The fraction of sp³-hybridized carbons (Fsp3) is 0.353. The van der Waals surface area contributed by atoms with Crippen LogP contribution in [-0.4, -0.2) is 41.9 Å². The number of benzene rings is 1. The number of carbonyl (C=O) groups is 1. The van der Waals surface area contributed by atoms with Gasteiger partial charge in [0.15, 0.2) is 0 Å². The Labute approximate surface area is 150 Å². The molecular weight excluding hydrogens is 351 g/mol. The molecule has 3 nitrogen and oxygen atoms in total. The van der Waals surface area contributed by atoms with Crippen LogP contribution in [0.15, 0.2) is 35.0 Å². The summed E-state index contributed by atoms with van der Waals surface area (Å²) >= 11 is 13.6. The molecule has 1 aliphatic rings. The molecule has 0 atom stereocenters. The van der Waals surface area contributed by atoms with Gasteiger partial charge >= 0.3 is 0 Å². The van der Waals surface area contributed by atoms with Crippen LogP contribution in [0.4, 0.5) is 0 Å². The van der Waals surface area contributed by atoms with E-state index in [4.69, 9.17) is 23.2 Å². The molecule has 0 spiro atoms. The molecule has 1 aromatic heterocycles. The summed E-state index contributed by atoms with van der Waals surface area (Å²) in [5, 5.41) is 5.04. The molecule has 1 aromatic carbocycles. The molecule has 0 unspecified atom stereocenters. The van der Waals surface area contributed by atoms with Crippen molar-refractivity contribution in [2.75, 3.05) is 26.2 Å². The van der Waals surface area contributed by atoms with E-state index in [1.165, 1.54) is 0 Å². The van der Waals surface area contributed by atoms with Crippen molar-refractivity contribution in [1.29, 1.82) is 0 Å². The highest BCUT2D eigenvalue weighted by Gasteiger charge is 2.20. The summed E-state index contributed by atoms with van der Waals surface area (Å²) in [6, 6.07) is 7.66. The normalized spacial score (nSPS) is 16.3. The van der Waals surface area contributed by atoms with E-state index < -0.39 is 0 Å². The molecule has 6 heteroatoms. The molecule has 122 valence electrons. The SMILES string of the molecule is O=C(c1ccsc1)N1CCCN(Cc2ccc(Cl)c(Cl)c2)CC1. The Balaban J connectivity index is 1.60. The molecule has 1 fully saturated rings. The average Bonchev–Trinajstić information content (AvgIpc) is 2.98. The number of nitrogens with zero attached hydrogens (tertiary/aromatic N) is 2. The van der Waals surface area contributed by atoms with Gasteiger partial charge in [-0.3, -0.25) is 9.69 Å². The first kappa shape index (κ1) is 16.8. The summed E-state index contributed by atoms with van der Waals surface area (Å²) in [4.78, 5) is 16.8. The first-order valence-electron chi connectivity index (χ1n) is 7.61. The largest absolute Gasteiger partial charge is 0.337 e. The second-order valence-corrected chi connectivity index (χ2v) is 7.28. The van der Waals surface area contributed by atoms with E-state index in [0.29, 0.717) is 10.0 Å². The maximum Gasteiger partial charge on any atom is 0.254 e. The molecule has 1 saturated heterocycles. The van der Waals surface area contributed by atoms with E-state index in [9.17, 15) is 4.79 Å². The minimum atomic E-state index is 0.141. The van der Waals surface area contributed by atoms with Gasteiger partial charge in [0.2, 0.25) is 0 Å². The minimum absolute atomic E-state index is 0.141. The highest BCUT2D eigenvalue weighted by Crippen LogP contribution is 2.23. The molecule has 2 heterocycles. The predicted octanol–water partition coefficient (Wildman–Crippen LogP) is 4.40. The van der Waals surface area contributed by atoms with Crippen molar-refractivity contribution in [2.24, 2.45) is 0 Å². The molecule has 0 bridgehead atoms. The van der Waals surface area contributed by atoms with Crippen LogP contribution in [0.5, 0.6) is 0 Å². The second kappa shape index (κ2) is 7.67. The van der Waals surface area contributed by atoms with Gasteiger partial charge in [-0.05, 0) is 35.6 Å². The van der Waals surface area contributed by atoms with Crippen LogP contribution in [0.25, 0.3) is 0 Å². The standard InChI is InChI=1S/C17H18Cl2N2OS/c18-15-3-2-13(10-16(15)19)11-20-5-1-6-21(8-7-20)17(22)14-4-9-23-12-14/h2-4,9-10,12H,1,5-8,11H2. The molecule has 1 aliphatic heterocycles. The van der Waals surface area contributed by atoms with Crippen molar-refractivity contribution in [1.82, 2.24) is 9.80 Å². The molecule has 0 radical (unpaired) electrons. The molecule has 3 rings (SSSR count). The zero-order chi connectivity index (χ0) is 16.2. The number of halogens is 2. The Morgan fingerprint density at radius 1 is 1.09 bits per heavy atom. The predicted molar refractivity (Wildman–Crippen MR) is 96.6 cm³/mol. The molecule has 0 saturated carbocycles. The van der Waals surface area contributed by atoms with Crippen LogP contribution in [0.2, 0.25) is 10.0 Å². The number of carbonyl (C=O) groups excluding carboxylic acids is 1. The summed E-state index contributed by atoms with van der Waals surface area (Å²) in [6.07, 6.45) is 0.983. The third-order valence-electron chi connectivity index (χ3n) is 4.03. The molecule has 1 amide bonds. The highest BCUT2D eigenvalue weighted by atomic mass is 35.5. The fourth-order valence-electron chi connectivity index (χ4n) is 2.80. The second-order valence-electron chi connectivity index (χ2n) is 5.68. The van der Waals surface area contributed by atoms with Gasteiger partial charge in [0.25, 0.3) is 5.91 Å². The Kier molecular flexibility index (Phi) is 5.59. The van der Waals surface area contributed by atoms with E-state index in [1.807, 2.05) is 39.9 Å². The van der Waals surface area contributed by atoms with Crippen molar-refractivity contribution in [3.8, 4) is 0 Å². The van der Waals surface area contributed by atoms with E-state index in [2.05, 4.69) is 4.90 Å². The van der Waals surface area contributed by atoms with Gasteiger partial charge in [-0.2, -0.15) is 11.3 Å². The Hall–Kier alpha value is -1.07. The first-order chi connectivity index (χ1) is 11.1. The van der Waals surface area contributed by atoms with Gasteiger partial charge in [0.05, 0.1) is 15.6 Å². The van der Waals surface area contributed by atoms with Gasteiger partial charge in [-0.15, -0.1) is 0 Å². The number of amides is 1. The van der Waals surface area contributed by atoms with Crippen LogP contribution >= 0.6 is 34.5 Å².